The van der Waals surface area contributed by atoms with Crippen molar-refractivity contribution in [3.63, 3.8) is 0 Å². The van der Waals surface area contributed by atoms with E-state index in [1.54, 1.807) is 0 Å². The Kier molecular flexibility index (Phi) is 3.95. The predicted octanol–water partition coefficient (Wildman–Crippen LogP) is 0.376. The quantitative estimate of drug-likeness (QED) is 0.502. The zero-order chi connectivity index (χ0) is 6.04. The van der Waals surface area contributed by atoms with E-state index in [-0.39, 0.29) is 21.1 Å². The van der Waals surface area contributed by atoms with Gasteiger partial charge in [-0.1, -0.05) is 24.9 Å². The number of hydrogen-bond donors (Lipinski definition) is 2. The summed E-state index contributed by atoms with van der Waals surface area (Å²) in [5.41, 5.74) is 10.8. The molecule has 1 aliphatic carbocycles. The Morgan fingerprint density at radius 1 is 1.22 bits per heavy atom. The molecule has 0 bridgehead atoms. The Balaban J connectivity index is 0.000000640. The van der Waals surface area contributed by atoms with Crippen molar-refractivity contribution < 1.29 is 21.1 Å². The van der Waals surface area contributed by atoms with Crippen LogP contribution in [-0.2, 0) is 21.1 Å². The zero-order valence-corrected chi connectivity index (χ0v) is 7.65. The molecule has 0 aromatic rings. The summed E-state index contributed by atoms with van der Waals surface area (Å²) in [6.07, 6.45) is 6.50. The monoisotopic (exact) mass is 308 g/mol. The molecule has 0 radical (unpaired) electrons. The summed E-state index contributed by atoms with van der Waals surface area (Å²) < 4.78 is 0. The van der Waals surface area contributed by atoms with E-state index >= 15 is 0 Å². The molecule has 0 atom stereocenters. The van der Waals surface area contributed by atoms with E-state index in [0.29, 0.717) is 0 Å². The van der Waals surface area contributed by atoms with Crippen LogP contribution in [0.15, 0.2) is 0 Å². The minimum atomic E-state index is -0.446. The largest absolute Gasteiger partial charge is 0.341 e. The van der Waals surface area contributed by atoms with Gasteiger partial charge in [0.1, 0.15) is 0 Å². The van der Waals surface area contributed by atoms with Gasteiger partial charge in [0.25, 0.3) is 0 Å². The van der Waals surface area contributed by atoms with Crippen molar-refractivity contribution in [2.75, 3.05) is 0 Å². The van der Waals surface area contributed by atoms with E-state index in [2.05, 4.69) is 0 Å². The van der Waals surface area contributed by atoms with Gasteiger partial charge in [0.05, 0.1) is 0 Å². The van der Waals surface area contributed by atoms with Gasteiger partial charge in [0.15, 0.2) is 0 Å². The first kappa shape index (κ1) is 9.61. The van der Waals surface area contributed by atoms with Crippen LogP contribution in [-0.4, -0.2) is 5.66 Å². The second-order valence-corrected chi connectivity index (χ2v) is 2.56. The van der Waals surface area contributed by atoms with Gasteiger partial charge < -0.3 is 11.5 Å². The molecule has 0 spiro atoms. The third kappa shape index (κ3) is 3.34. The van der Waals surface area contributed by atoms with Crippen molar-refractivity contribution in [3.05, 3.63) is 6.42 Å². The Hall–Kier alpha value is 0.608. The van der Waals surface area contributed by atoms with Crippen LogP contribution in [0, 0.1) is 6.42 Å². The first-order chi connectivity index (χ1) is 3.71. The number of rotatable bonds is 0. The summed E-state index contributed by atoms with van der Waals surface area (Å²) in [6, 6.07) is 0. The van der Waals surface area contributed by atoms with Gasteiger partial charge in [0, 0.05) is 21.1 Å². The molecule has 1 rings (SSSR count). The fraction of sp³-hybridized carbons (Fsp3) is 0.833. The van der Waals surface area contributed by atoms with Crippen LogP contribution in [0.1, 0.15) is 25.7 Å². The molecule has 0 heterocycles. The van der Waals surface area contributed by atoms with Gasteiger partial charge in [-0.2, -0.15) is 6.42 Å². The molecule has 3 heteroatoms. The summed E-state index contributed by atoms with van der Waals surface area (Å²) in [6.45, 7) is 0. The fourth-order valence-corrected chi connectivity index (χ4v) is 1.05. The molecule has 9 heavy (non-hydrogen) atoms. The first-order valence-corrected chi connectivity index (χ1v) is 3.13. The molecule has 0 aromatic carbocycles. The molecule has 0 aromatic heterocycles. The molecule has 2 nitrogen and oxygen atoms in total. The molecule has 1 fully saturated rings. The molecule has 1 saturated carbocycles. The van der Waals surface area contributed by atoms with E-state index < -0.39 is 5.66 Å². The average Bonchev–Trinajstić information content (AvgIpc) is 1.65. The van der Waals surface area contributed by atoms with Crippen LogP contribution < -0.4 is 11.5 Å². The average molecular weight is 308 g/mol. The van der Waals surface area contributed by atoms with Crippen molar-refractivity contribution in [3.8, 4) is 0 Å². The Bertz CT molecular complexity index is 75.1. The van der Waals surface area contributed by atoms with Gasteiger partial charge in [-0.3, -0.25) is 6.42 Å². The minimum Gasteiger partial charge on any atom is -0.341 e. The molecule has 4 N–H and O–H groups in total. The summed E-state index contributed by atoms with van der Waals surface area (Å²) in [7, 11) is 0. The van der Waals surface area contributed by atoms with E-state index in [4.69, 9.17) is 11.5 Å². The van der Waals surface area contributed by atoms with E-state index in [1.807, 2.05) is 6.42 Å². The van der Waals surface area contributed by atoms with Gasteiger partial charge in [-0.25, -0.2) is 0 Å². The molecule has 0 saturated heterocycles. The molecular weight excluding hydrogens is 295 g/mol. The summed E-state index contributed by atoms with van der Waals surface area (Å²) >= 11 is 0. The number of nitrogens with two attached hydrogens (primary N) is 2. The smallest absolute Gasteiger partial charge is 0 e. The summed E-state index contributed by atoms with van der Waals surface area (Å²) in [5, 5.41) is 0. The van der Waals surface area contributed by atoms with Crippen molar-refractivity contribution in [1.29, 1.82) is 0 Å². The van der Waals surface area contributed by atoms with Crippen LogP contribution in [0.3, 0.4) is 0 Å². The maximum atomic E-state index is 5.60. The van der Waals surface area contributed by atoms with E-state index in [1.165, 1.54) is 12.8 Å². The van der Waals surface area contributed by atoms with Crippen LogP contribution in [0.4, 0.5) is 0 Å². The van der Waals surface area contributed by atoms with Crippen LogP contribution in [0.5, 0.6) is 0 Å². The summed E-state index contributed by atoms with van der Waals surface area (Å²) in [4.78, 5) is 0. The second kappa shape index (κ2) is 3.70. The first-order valence-electron chi connectivity index (χ1n) is 3.13. The van der Waals surface area contributed by atoms with Gasteiger partial charge in [-0.15, -0.1) is 0 Å². The van der Waals surface area contributed by atoms with Crippen molar-refractivity contribution >= 4 is 0 Å². The molecule has 0 aliphatic heterocycles. The maximum absolute atomic E-state index is 5.60. The Morgan fingerprint density at radius 2 is 1.89 bits per heavy atom. The van der Waals surface area contributed by atoms with Crippen LogP contribution >= 0.6 is 0 Å². The minimum absolute atomic E-state index is 0. The fourth-order valence-electron chi connectivity index (χ4n) is 1.05. The topological polar surface area (TPSA) is 52.0 Å². The third-order valence-corrected chi connectivity index (χ3v) is 1.59. The van der Waals surface area contributed by atoms with Gasteiger partial charge in [-0.05, 0) is 0 Å². The van der Waals surface area contributed by atoms with Gasteiger partial charge >= 0.3 is 0 Å². The normalized spacial score (nSPS) is 24.7. The van der Waals surface area contributed by atoms with Gasteiger partial charge in [0.2, 0.25) is 0 Å². The SMILES string of the molecule is NC1(N)[CH-]CCCC1.[Pt]. The molecule has 58 valence electrons. The number of hydrogen-bond acceptors (Lipinski definition) is 2. The predicted molar refractivity (Wildman–Crippen MR) is 33.9 cm³/mol. The Morgan fingerprint density at radius 3 is 2.11 bits per heavy atom. The zero-order valence-electron chi connectivity index (χ0n) is 5.38. The van der Waals surface area contributed by atoms with Crippen molar-refractivity contribution in [2.24, 2.45) is 11.5 Å². The van der Waals surface area contributed by atoms with Crippen LogP contribution in [0.25, 0.3) is 0 Å². The van der Waals surface area contributed by atoms with Crippen molar-refractivity contribution in [2.45, 2.75) is 31.3 Å². The Labute approximate surface area is 70.6 Å². The molecule has 0 amide bonds. The van der Waals surface area contributed by atoms with Crippen LogP contribution in [0.2, 0.25) is 0 Å². The third-order valence-electron chi connectivity index (χ3n) is 1.59. The molecular formula is C6H13N2Pt-. The maximum Gasteiger partial charge on any atom is 0 e. The summed E-state index contributed by atoms with van der Waals surface area (Å²) in [5.74, 6) is 0. The standard InChI is InChI=1S/C6H13N2.Pt/c7-6(8)4-2-1-3-5-6;/h4H,1-3,5,7-8H2;/q-1;. The van der Waals surface area contributed by atoms with E-state index in [9.17, 15) is 0 Å². The van der Waals surface area contributed by atoms with E-state index in [0.717, 1.165) is 12.8 Å². The van der Waals surface area contributed by atoms with Crippen molar-refractivity contribution in [1.82, 2.24) is 0 Å². The second-order valence-electron chi connectivity index (χ2n) is 2.56. The molecule has 0 unspecified atom stereocenters. The molecule has 1 aliphatic rings.